The highest BCUT2D eigenvalue weighted by atomic mass is 14.9. The first-order chi connectivity index (χ1) is 9.65. The van der Waals surface area contributed by atoms with Crippen LogP contribution in [0, 0.1) is 17.8 Å². The third-order valence-corrected chi connectivity index (χ3v) is 4.70. The van der Waals surface area contributed by atoms with E-state index in [9.17, 15) is 0 Å². The van der Waals surface area contributed by atoms with Gasteiger partial charge < -0.3 is 16.4 Å². The zero-order valence-corrected chi connectivity index (χ0v) is 13.2. The quantitative estimate of drug-likeness (QED) is 0.484. The summed E-state index contributed by atoms with van der Waals surface area (Å²) in [5.41, 5.74) is 9.21. The summed E-state index contributed by atoms with van der Waals surface area (Å²) >= 11 is 0. The molecule has 4 heteroatoms. The molecule has 0 spiro atoms. The normalized spacial score (nSPS) is 34.6. The molecule has 114 valence electrons. The molecule has 2 rings (SSSR count). The van der Waals surface area contributed by atoms with Gasteiger partial charge in [0.1, 0.15) is 0 Å². The van der Waals surface area contributed by atoms with Crippen molar-refractivity contribution in [2.45, 2.75) is 32.7 Å². The predicted molar refractivity (Wildman–Crippen MR) is 86.2 cm³/mol. The molecule has 2 aliphatic rings. The van der Waals surface area contributed by atoms with Crippen LogP contribution in [0.25, 0.3) is 0 Å². The Morgan fingerprint density at radius 3 is 2.80 bits per heavy atom. The molecule has 0 radical (unpaired) electrons. The van der Waals surface area contributed by atoms with E-state index in [0.717, 1.165) is 39.0 Å². The van der Waals surface area contributed by atoms with E-state index in [4.69, 9.17) is 10.7 Å². The molecule has 0 heterocycles. The number of nitrogens with zero attached hydrogens (tertiary/aromatic N) is 1. The van der Waals surface area contributed by atoms with Crippen molar-refractivity contribution >= 4 is 5.71 Å². The standard InChI is InChI=1S/C16H30N4/c1-11-12(2)16(15(17)10-13-9-14(11)13)20-6-4-5-19-8-7-18-3/h9,11-13,15,18-19H,4-8,10,17H2,1-3H3/t11-,12+,13+,15-/m1/s1. The zero-order chi connectivity index (χ0) is 14.5. The van der Waals surface area contributed by atoms with Gasteiger partial charge in [-0.15, -0.1) is 0 Å². The lowest BCUT2D eigenvalue weighted by atomic mass is 9.88. The van der Waals surface area contributed by atoms with Crippen molar-refractivity contribution in [1.29, 1.82) is 0 Å². The van der Waals surface area contributed by atoms with Gasteiger partial charge in [0.2, 0.25) is 0 Å². The minimum absolute atomic E-state index is 0.158. The maximum atomic E-state index is 6.34. The van der Waals surface area contributed by atoms with Crippen LogP contribution in [0.15, 0.2) is 16.6 Å². The summed E-state index contributed by atoms with van der Waals surface area (Å²) in [6, 6.07) is 0.158. The largest absolute Gasteiger partial charge is 0.323 e. The van der Waals surface area contributed by atoms with Crippen LogP contribution in [0.1, 0.15) is 26.7 Å². The van der Waals surface area contributed by atoms with Crippen LogP contribution in [-0.2, 0) is 0 Å². The Morgan fingerprint density at radius 1 is 1.25 bits per heavy atom. The summed E-state index contributed by atoms with van der Waals surface area (Å²) < 4.78 is 0. The molecular weight excluding hydrogens is 248 g/mol. The van der Waals surface area contributed by atoms with Gasteiger partial charge in [-0.3, -0.25) is 4.99 Å². The number of nitrogens with one attached hydrogen (secondary N) is 2. The first kappa shape index (κ1) is 15.7. The molecule has 4 N–H and O–H groups in total. The van der Waals surface area contributed by atoms with Crippen molar-refractivity contribution in [1.82, 2.24) is 10.6 Å². The van der Waals surface area contributed by atoms with Gasteiger partial charge in [0.15, 0.2) is 0 Å². The first-order valence-corrected chi connectivity index (χ1v) is 8.02. The number of nitrogens with two attached hydrogens (primary N) is 1. The molecule has 2 aliphatic carbocycles. The minimum Gasteiger partial charge on any atom is -0.323 e. The molecule has 1 saturated carbocycles. The number of fused-ring (bicyclic) bond motifs is 1. The smallest absolute Gasteiger partial charge is 0.0437 e. The highest BCUT2D eigenvalue weighted by molar-refractivity contribution is 5.92. The van der Waals surface area contributed by atoms with Gasteiger partial charge >= 0.3 is 0 Å². The van der Waals surface area contributed by atoms with E-state index in [1.54, 1.807) is 5.57 Å². The average Bonchev–Trinajstić information content (AvgIpc) is 3.19. The minimum atomic E-state index is 0.158. The van der Waals surface area contributed by atoms with Gasteiger partial charge in [-0.1, -0.05) is 25.5 Å². The Bertz CT molecular complexity index is 375. The fourth-order valence-corrected chi connectivity index (χ4v) is 3.17. The number of hydrogen-bond acceptors (Lipinski definition) is 4. The highest BCUT2D eigenvalue weighted by Crippen LogP contribution is 2.45. The second kappa shape index (κ2) is 7.34. The van der Waals surface area contributed by atoms with E-state index in [-0.39, 0.29) is 6.04 Å². The lowest BCUT2D eigenvalue weighted by Gasteiger charge is -2.21. The average molecular weight is 278 g/mol. The van der Waals surface area contributed by atoms with Crippen molar-refractivity contribution in [2.75, 3.05) is 33.2 Å². The number of allylic oxidation sites excluding steroid dienone is 2. The highest BCUT2D eigenvalue weighted by Gasteiger charge is 2.40. The van der Waals surface area contributed by atoms with Crippen molar-refractivity contribution in [2.24, 2.45) is 28.5 Å². The van der Waals surface area contributed by atoms with Gasteiger partial charge in [0.05, 0.1) is 0 Å². The summed E-state index contributed by atoms with van der Waals surface area (Å²) in [5, 5.41) is 6.54. The molecule has 1 fully saturated rings. The zero-order valence-electron chi connectivity index (χ0n) is 13.2. The number of hydrogen-bond donors (Lipinski definition) is 3. The van der Waals surface area contributed by atoms with Crippen molar-refractivity contribution < 1.29 is 0 Å². The van der Waals surface area contributed by atoms with Crippen LogP contribution in [0.5, 0.6) is 0 Å². The topological polar surface area (TPSA) is 62.4 Å². The van der Waals surface area contributed by atoms with Crippen LogP contribution in [0.3, 0.4) is 0 Å². The predicted octanol–water partition coefficient (Wildman–Crippen LogP) is 1.19. The second-order valence-electron chi connectivity index (χ2n) is 6.21. The number of rotatable bonds is 7. The van der Waals surface area contributed by atoms with E-state index < -0.39 is 0 Å². The molecule has 4 nitrogen and oxygen atoms in total. The van der Waals surface area contributed by atoms with Crippen molar-refractivity contribution in [3.63, 3.8) is 0 Å². The third kappa shape index (κ3) is 3.90. The number of likely N-dealkylation sites (N-methyl/N-ethyl adjacent to an activating group) is 1. The summed E-state index contributed by atoms with van der Waals surface area (Å²) in [5.74, 6) is 1.81. The lowest BCUT2D eigenvalue weighted by Crippen LogP contribution is -2.36. The van der Waals surface area contributed by atoms with Gasteiger partial charge in [-0.25, -0.2) is 0 Å². The Labute approximate surface area is 123 Å². The summed E-state index contributed by atoms with van der Waals surface area (Å²) in [6.07, 6.45) is 4.56. The fraction of sp³-hybridized carbons (Fsp3) is 0.812. The molecule has 0 aliphatic heterocycles. The fourth-order valence-electron chi connectivity index (χ4n) is 3.17. The van der Waals surface area contributed by atoms with Crippen LogP contribution in [0.4, 0.5) is 0 Å². The molecule has 20 heavy (non-hydrogen) atoms. The van der Waals surface area contributed by atoms with Crippen molar-refractivity contribution in [3.05, 3.63) is 11.6 Å². The lowest BCUT2D eigenvalue weighted by molar-refractivity contribution is 0.560. The first-order valence-electron chi connectivity index (χ1n) is 8.02. The molecule has 0 aromatic heterocycles. The summed E-state index contributed by atoms with van der Waals surface area (Å²) in [6.45, 7) is 8.58. The van der Waals surface area contributed by atoms with Gasteiger partial charge in [-0.2, -0.15) is 0 Å². The SMILES string of the molecule is CNCCNCCCN=C1[C@H](N)C[C@@H]2C=C2[C@H](C)[C@@H]1C. The van der Waals surface area contributed by atoms with Gasteiger partial charge in [0, 0.05) is 43.2 Å². The van der Waals surface area contributed by atoms with E-state index in [0.29, 0.717) is 17.8 Å². The molecule has 0 aromatic carbocycles. The van der Waals surface area contributed by atoms with Gasteiger partial charge in [-0.05, 0) is 32.4 Å². The molecule has 0 aromatic rings. The van der Waals surface area contributed by atoms with Crippen molar-refractivity contribution in [3.8, 4) is 0 Å². The van der Waals surface area contributed by atoms with Crippen LogP contribution in [0.2, 0.25) is 0 Å². The monoisotopic (exact) mass is 278 g/mol. The second-order valence-corrected chi connectivity index (χ2v) is 6.21. The Morgan fingerprint density at radius 2 is 2.05 bits per heavy atom. The number of aliphatic imine (C=N–C) groups is 1. The van der Waals surface area contributed by atoms with Crippen LogP contribution >= 0.6 is 0 Å². The Balaban J connectivity index is 1.77. The van der Waals surface area contributed by atoms with E-state index in [1.807, 2.05) is 7.05 Å². The van der Waals surface area contributed by atoms with Crippen LogP contribution < -0.4 is 16.4 Å². The molecule has 0 saturated heterocycles. The molecule has 0 unspecified atom stereocenters. The van der Waals surface area contributed by atoms with E-state index >= 15 is 0 Å². The maximum Gasteiger partial charge on any atom is 0.0437 e. The summed E-state index contributed by atoms with van der Waals surface area (Å²) in [7, 11) is 1.98. The molecule has 0 amide bonds. The molecule has 0 bridgehead atoms. The third-order valence-electron chi connectivity index (χ3n) is 4.70. The summed E-state index contributed by atoms with van der Waals surface area (Å²) in [4.78, 5) is 4.84. The Kier molecular flexibility index (Phi) is 5.75. The molecular formula is C16H30N4. The maximum absolute atomic E-state index is 6.34. The van der Waals surface area contributed by atoms with Crippen LogP contribution in [-0.4, -0.2) is 45.0 Å². The van der Waals surface area contributed by atoms with E-state index in [2.05, 4.69) is 30.6 Å². The molecule has 4 atom stereocenters. The van der Waals surface area contributed by atoms with Gasteiger partial charge in [0.25, 0.3) is 0 Å². The Hall–Kier alpha value is -0.710. The van der Waals surface area contributed by atoms with E-state index in [1.165, 1.54) is 5.71 Å².